The van der Waals surface area contributed by atoms with E-state index in [2.05, 4.69) is 50.5 Å². The molecule has 0 radical (unpaired) electrons. The summed E-state index contributed by atoms with van der Waals surface area (Å²) in [5.74, 6) is 5.56. The standard InChI is InChI=1S/C15H26N2O2/c1-15(2,3)12-8-6-11(7-9-12)10-13(17-16)14(18-4)19-5/h6-9,13-14,17H,10,16H2,1-5H3. The van der Waals surface area contributed by atoms with Gasteiger partial charge in [0.2, 0.25) is 0 Å². The number of methoxy groups -OCH3 is 2. The van der Waals surface area contributed by atoms with Gasteiger partial charge in [-0.2, -0.15) is 0 Å². The molecule has 4 heteroatoms. The van der Waals surface area contributed by atoms with Crippen LogP contribution in [0.2, 0.25) is 0 Å². The van der Waals surface area contributed by atoms with Gasteiger partial charge < -0.3 is 9.47 Å². The fourth-order valence-corrected chi connectivity index (χ4v) is 2.05. The van der Waals surface area contributed by atoms with E-state index in [-0.39, 0.29) is 17.7 Å². The second-order valence-electron chi connectivity index (χ2n) is 5.76. The topological polar surface area (TPSA) is 56.5 Å². The van der Waals surface area contributed by atoms with Gasteiger partial charge in [0.1, 0.15) is 0 Å². The Balaban J connectivity index is 2.76. The Morgan fingerprint density at radius 2 is 1.63 bits per heavy atom. The summed E-state index contributed by atoms with van der Waals surface area (Å²) in [5, 5.41) is 0. The zero-order chi connectivity index (χ0) is 14.5. The van der Waals surface area contributed by atoms with Crippen molar-refractivity contribution in [2.75, 3.05) is 14.2 Å². The largest absolute Gasteiger partial charge is 0.354 e. The van der Waals surface area contributed by atoms with Gasteiger partial charge >= 0.3 is 0 Å². The Morgan fingerprint density at radius 3 is 2.00 bits per heavy atom. The van der Waals surface area contributed by atoms with Crippen LogP contribution in [0.5, 0.6) is 0 Å². The minimum absolute atomic E-state index is 0.0736. The molecule has 0 aromatic heterocycles. The van der Waals surface area contributed by atoms with Crippen LogP contribution < -0.4 is 11.3 Å². The van der Waals surface area contributed by atoms with Gasteiger partial charge in [0.05, 0.1) is 6.04 Å². The van der Waals surface area contributed by atoms with Gasteiger partial charge in [-0.1, -0.05) is 45.0 Å². The molecule has 108 valence electrons. The maximum absolute atomic E-state index is 5.56. The predicted octanol–water partition coefficient (Wildman–Crippen LogP) is 1.98. The number of hydrazine groups is 1. The first kappa shape index (κ1) is 16.1. The van der Waals surface area contributed by atoms with Crippen LogP contribution in [0.25, 0.3) is 0 Å². The maximum Gasteiger partial charge on any atom is 0.173 e. The fourth-order valence-electron chi connectivity index (χ4n) is 2.05. The van der Waals surface area contributed by atoms with E-state index in [0.717, 1.165) is 6.42 Å². The molecule has 0 spiro atoms. The smallest absolute Gasteiger partial charge is 0.173 e. The molecule has 1 aromatic rings. The number of hydrogen-bond donors (Lipinski definition) is 2. The van der Waals surface area contributed by atoms with Crippen molar-refractivity contribution in [2.45, 2.75) is 44.9 Å². The molecule has 0 saturated heterocycles. The lowest BCUT2D eigenvalue weighted by Gasteiger charge is -2.24. The minimum atomic E-state index is -0.354. The quantitative estimate of drug-likeness (QED) is 0.469. The predicted molar refractivity (Wildman–Crippen MR) is 77.8 cm³/mol. The van der Waals surface area contributed by atoms with Crippen LogP contribution in [-0.2, 0) is 21.3 Å². The summed E-state index contributed by atoms with van der Waals surface area (Å²) in [6.07, 6.45) is 0.403. The lowest BCUT2D eigenvalue weighted by atomic mass is 9.86. The van der Waals surface area contributed by atoms with E-state index in [1.54, 1.807) is 14.2 Å². The number of rotatable bonds is 6. The molecule has 1 aromatic carbocycles. The first-order valence-electron chi connectivity index (χ1n) is 6.53. The molecule has 0 aliphatic carbocycles. The molecule has 4 nitrogen and oxygen atoms in total. The van der Waals surface area contributed by atoms with E-state index >= 15 is 0 Å². The maximum atomic E-state index is 5.56. The molecule has 19 heavy (non-hydrogen) atoms. The zero-order valence-corrected chi connectivity index (χ0v) is 12.6. The Kier molecular flexibility index (Phi) is 5.94. The highest BCUT2D eigenvalue weighted by molar-refractivity contribution is 5.28. The van der Waals surface area contributed by atoms with Gasteiger partial charge in [0, 0.05) is 14.2 Å². The first-order valence-corrected chi connectivity index (χ1v) is 6.53. The van der Waals surface area contributed by atoms with Crippen molar-refractivity contribution in [3.8, 4) is 0 Å². The molecule has 0 saturated carbocycles. The SMILES string of the molecule is COC(OC)C(Cc1ccc(C(C)(C)C)cc1)NN. The Bertz CT molecular complexity index is 367. The lowest BCUT2D eigenvalue weighted by molar-refractivity contribution is -0.122. The number of hydrogen-bond acceptors (Lipinski definition) is 4. The number of nitrogens with two attached hydrogens (primary N) is 1. The number of nitrogens with one attached hydrogen (secondary N) is 1. The monoisotopic (exact) mass is 266 g/mol. The number of benzene rings is 1. The van der Waals surface area contributed by atoms with Crippen LogP contribution in [0.1, 0.15) is 31.9 Å². The van der Waals surface area contributed by atoms with E-state index in [1.807, 2.05) is 0 Å². The van der Waals surface area contributed by atoms with Crippen molar-refractivity contribution < 1.29 is 9.47 Å². The molecule has 3 N–H and O–H groups in total. The minimum Gasteiger partial charge on any atom is -0.354 e. The fraction of sp³-hybridized carbons (Fsp3) is 0.600. The average Bonchev–Trinajstić information content (AvgIpc) is 2.38. The van der Waals surface area contributed by atoms with Crippen molar-refractivity contribution >= 4 is 0 Å². The second-order valence-corrected chi connectivity index (χ2v) is 5.76. The Labute approximate surface area is 116 Å². The normalized spacial score (nSPS) is 13.8. The third-order valence-corrected chi connectivity index (χ3v) is 3.28. The van der Waals surface area contributed by atoms with Crippen LogP contribution >= 0.6 is 0 Å². The molecule has 0 fully saturated rings. The summed E-state index contributed by atoms with van der Waals surface area (Å²) >= 11 is 0. The zero-order valence-electron chi connectivity index (χ0n) is 12.6. The summed E-state index contributed by atoms with van der Waals surface area (Å²) in [4.78, 5) is 0. The van der Waals surface area contributed by atoms with Crippen LogP contribution in [0.3, 0.4) is 0 Å². The second kappa shape index (κ2) is 7.01. The lowest BCUT2D eigenvalue weighted by Crippen LogP contribution is -2.47. The van der Waals surface area contributed by atoms with Gasteiger partial charge in [0.15, 0.2) is 6.29 Å². The van der Waals surface area contributed by atoms with Gasteiger partial charge in [-0.3, -0.25) is 11.3 Å². The molecule has 0 bridgehead atoms. The van der Waals surface area contributed by atoms with Crippen molar-refractivity contribution in [2.24, 2.45) is 5.84 Å². The van der Waals surface area contributed by atoms with Gasteiger partial charge in [-0.25, -0.2) is 0 Å². The summed E-state index contributed by atoms with van der Waals surface area (Å²) in [7, 11) is 3.22. The van der Waals surface area contributed by atoms with Gasteiger partial charge in [0.25, 0.3) is 0 Å². The Hall–Kier alpha value is -0.940. The highest BCUT2D eigenvalue weighted by Gasteiger charge is 2.20. The third-order valence-electron chi connectivity index (χ3n) is 3.28. The van der Waals surface area contributed by atoms with Crippen LogP contribution in [-0.4, -0.2) is 26.6 Å². The van der Waals surface area contributed by atoms with E-state index in [0.29, 0.717) is 0 Å². The summed E-state index contributed by atoms with van der Waals surface area (Å²) in [5.41, 5.74) is 5.45. The van der Waals surface area contributed by atoms with Gasteiger partial charge in [-0.05, 0) is 23.0 Å². The number of ether oxygens (including phenoxy) is 2. The molecule has 0 heterocycles. The van der Waals surface area contributed by atoms with Crippen molar-refractivity contribution in [1.82, 2.24) is 5.43 Å². The molecule has 0 aliphatic rings. The molecule has 1 rings (SSSR count). The molecular formula is C15H26N2O2. The van der Waals surface area contributed by atoms with Gasteiger partial charge in [-0.15, -0.1) is 0 Å². The molecular weight excluding hydrogens is 240 g/mol. The Morgan fingerprint density at radius 1 is 1.11 bits per heavy atom. The summed E-state index contributed by atoms with van der Waals surface area (Å²) in [6.45, 7) is 6.62. The first-order chi connectivity index (χ1) is 8.92. The van der Waals surface area contributed by atoms with E-state index in [9.17, 15) is 0 Å². The summed E-state index contributed by atoms with van der Waals surface area (Å²) in [6, 6.07) is 8.52. The molecule has 0 amide bonds. The van der Waals surface area contributed by atoms with Crippen molar-refractivity contribution in [3.05, 3.63) is 35.4 Å². The molecule has 0 aliphatic heterocycles. The van der Waals surface area contributed by atoms with Crippen LogP contribution in [0.15, 0.2) is 24.3 Å². The van der Waals surface area contributed by atoms with Crippen molar-refractivity contribution in [1.29, 1.82) is 0 Å². The van der Waals surface area contributed by atoms with E-state index in [4.69, 9.17) is 15.3 Å². The molecule has 1 atom stereocenters. The van der Waals surface area contributed by atoms with Crippen molar-refractivity contribution in [3.63, 3.8) is 0 Å². The van der Waals surface area contributed by atoms with Crippen LogP contribution in [0, 0.1) is 0 Å². The van der Waals surface area contributed by atoms with Crippen LogP contribution in [0.4, 0.5) is 0 Å². The van der Waals surface area contributed by atoms with E-state index < -0.39 is 0 Å². The third kappa shape index (κ3) is 4.58. The molecule has 1 unspecified atom stereocenters. The van der Waals surface area contributed by atoms with E-state index in [1.165, 1.54) is 11.1 Å². The summed E-state index contributed by atoms with van der Waals surface area (Å²) < 4.78 is 10.5. The highest BCUT2D eigenvalue weighted by atomic mass is 16.7. The average molecular weight is 266 g/mol. The highest BCUT2D eigenvalue weighted by Crippen LogP contribution is 2.22.